The van der Waals surface area contributed by atoms with E-state index < -0.39 is 0 Å². The van der Waals surface area contributed by atoms with Gasteiger partial charge in [-0.15, -0.1) is 0 Å². The van der Waals surface area contributed by atoms with Crippen molar-refractivity contribution in [3.05, 3.63) is 52.8 Å². The summed E-state index contributed by atoms with van der Waals surface area (Å²) in [6.45, 7) is 4.87. The molecule has 1 aromatic carbocycles. The molecule has 0 N–H and O–H groups in total. The molecule has 0 unspecified atom stereocenters. The number of aryl methyl sites for hydroxylation is 2. The second-order valence-corrected chi connectivity index (χ2v) is 6.44. The average Bonchev–Trinajstić information content (AvgIpc) is 3.18. The van der Waals surface area contributed by atoms with Gasteiger partial charge in [-0.3, -0.25) is 4.68 Å². The van der Waals surface area contributed by atoms with Gasteiger partial charge in [-0.25, -0.2) is 0 Å². The molecule has 4 nitrogen and oxygen atoms in total. The first kappa shape index (κ1) is 13.6. The molecular formula is C18H21N3O. The molecule has 0 saturated heterocycles. The molecule has 2 aromatic rings. The Balaban J connectivity index is 1.49. The third-order valence-electron chi connectivity index (χ3n) is 4.50. The van der Waals surface area contributed by atoms with Crippen molar-refractivity contribution in [1.29, 1.82) is 0 Å². The smallest absolute Gasteiger partial charge is 0.152 e. The SMILES string of the molecule is Cc1cc(C)n(C[C@H]2CC(c3ccccc3C3CC3)=NO2)n1. The lowest BCUT2D eigenvalue weighted by Gasteiger charge is -2.10. The van der Waals surface area contributed by atoms with E-state index in [4.69, 9.17) is 4.84 Å². The van der Waals surface area contributed by atoms with Gasteiger partial charge in [0.25, 0.3) is 0 Å². The van der Waals surface area contributed by atoms with Crippen LogP contribution < -0.4 is 0 Å². The van der Waals surface area contributed by atoms with E-state index in [0.29, 0.717) is 0 Å². The molecule has 1 aliphatic heterocycles. The zero-order valence-electron chi connectivity index (χ0n) is 13.1. The molecule has 1 atom stereocenters. The first-order valence-electron chi connectivity index (χ1n) is 8.04. The van der Waals surface area contributed by atoms with Gasteiger partial charge < -0.3 is 4.84 Å². The molecule has 0 bridgehead atoms. The highest BCUT2D eigenvalue weighted by molar-refractivity contribution is 6.02. The normalized spacial score (nSPS) is 20.8. The molecule has 22 heavy (non-hydrogen) atoms. The lowest BCUT2D eigenvalue weighted by molar-refractivity contribution is 0.0692. The summed E-state index contributed by atoms with van der Waals surface area (Å²) in [5.41, 5.74) is 6.04. The molecule has 114 valence electrons. The maximum atomic E-state index is 5.67. The van der Waals surface area contributed by atoms with Crippen LogP contribution in [-0.4, -0.2) is 21.6 Å². The number of hydrogen-bond donors (Lipinski definition) is 0. The quantitative estimate of drug-likeness (QED) is 0.865. The van der Waals surface area contributed by atoms with Crippen molar-refractivity contribution in [1.82, 2.24) is 9.78 Å². The zero-order valence-corrected chi connectivity index (χ0v) is 13.1. The molecule has 1 aromatic heterocycles. The Morgan fingerprint density at radius 1 is 1.23 bits per heavy atom. The monoisotopic (exact) mass is 295 g/mol. The minimum Gasteiger partial charge on any atom is -0.390 e. The van der Waals surface area contributed by atoms with Gasteiger partial charge in [0.2, 0.25) is 0 Å². The average molecular weight is 295 g/mol. The summed E-state index contributed by atoms with van der Waals surface area (Å²) in [4.78, 5) is 5.67. The van der Waals surface area contributed by atoms with Crippen LogP contribution in [0.4, 0.5) is 0 Å². The van der Waals surface area contributed by atoms with Crippen LogP contribution in [-0.2, 0) is 11.4 Å². The van der Waals surface area contributed by atoms with Crippen molar-refractivity contribution in [2.75, 3.05) is 0 Å². The molecule has 1 fully saturated rings. The highest BCUT2D eigenvalue weighted by Crippen LogP contribution is 2.42. The molecular weight excluding hydrogens is 274 g/mol. The largest absolute Gasteiger partial charge is 0.390 e. The van der Waals surface area contributed by atoms with Gasteiger partial charge in [0.05, 0.1) is 18.0 Å². The van der Waals surface area contributed by atoms with Gasteiger partial charge in [0, 0.05) is 17.7 Å². The Kier molecular flexibility index (Phi) is 3.25. The van der Waals surface area contributed by atoms with E-state index in [1.54, 1.807) is 0 Å². The molecule has 0 spiro atoms. The topological polar surface area (TPSA) is 39.4 Å². The first-order chi connectivity index (χ1) is 10.7. The molecule has 0 radical (unpaired) electrons. The Bertz CT molecular complexity index is 728. The third-order valence-corrected chi connectivity index (χ3v) is 4.50. The molecule has 1 saturated carbocycles. The van der Waals surface area contributed by atoms with Crippen molar-refractivity contribution in [3.63, 3.8) is 0 Å². The van der Waals surface area contributed by atoms with Crippen LogP contribution in [0.25, 0.3) is 0 Å². The number of hydrogen-bond acceptors (Lipinski definition) is 3. The fourth-order valence-electron chi connectivity index (χ4n) is 3.25. The van der Waals surface area contributed by atoms with Crippen LogP contribution in [0, 0.1) is 13.8 Å². The summed E-state index contributed by atoms with van der Waals surface area (Å²) in [5, 5.41) is 8.88. The van der Waals surface area contributed by atoms with E-state index in [9.17, 15) is 0 Å². The maximum absolute atomic E-state index is 5.67. The van der Waals surface area contributed by atoms with Crippen molar-refractivity contribution in [2.45, 2.75) is 51.7 Å². The predicted molar refractivity (Wildman–Crippen MR) is 86.1 cm³/mol. The van der Waals surface area contributed by atoms with Gasteiger partial charge in [0.1, 0.15) is 0 Å². The van der Waals surface area contributed by atoms with E-state index in [1.165, 1.54) is 29.7 Å². The van der Waals surface area contributed by atoms with Crippen LogP contribution >= 0.6 is 0 Å². The number of oxime groups is 1. The highest BCUT2D eigenvalue weighted by Gasteiger charge is 2.30. The van der Waals surface area contributed by atoms with Crippen molar-refractivity contribution in [2.24, 2.45) is 5.16 Å². The Morgan fingerprint density at radius 2 is 2.05 bits per heavy atom. The van der Waals surface area contributed by atoms with Gasteiger partial charge in [-0.1, -0.05) is 29.4 Å². The van der Waals surface area contributed by atoms with Crippen molar-refractivity contribution in [3.8, 4) is 0 Å². The van der Waals surface area contributed by atoms with E-state index in [0.717, 1.165) is 30.3 Å². The van der Waals surface area contributed by atoms with Crippen LogP contribution in [0.15, 0.2) is 35.5 Å². The van der Waals surface area contributed by atoms with E-state index in [2.05, 4.69) is 47.5 Å². The third kappa shape index (κ3) is 2.54. The Labute approximate surface area is 130 Å². The molecule has 0 amide bonds. The highest BCUT2D eigenvalue weighted by atomic mass is 16.6. The van der Waals surface area contributed by atoms with Crippen LogP contribution in [0.3, 0.4) is 0 Å². The lowest BCUT2D eigenvalue weighted by atomic mass is 9.96. The number of nitrogens with zero attached hydrogens (tertiary/aromatic N) is 3. The first-order valence-corrected chi connectivity index (χ1v) is 8.04. The minimum atomic E-state index is 0.0836. The Morgan fingerprint density at radius 3 is 2.77 bits per heavy atom. The summed E-state index contributed by atoms with van der Waals surface area (Å²) in [6.07, 6.45) is 3.56. The molecule has 4 heteroatoms. The van der Waals surface area contributed by atoms with Gasteiger partial charge in [-0.2, -0.15) is 5.10 Å². The number of rotatable bonds is 4. The van der Waals surface area contributed by atoms with E-state index >= 15 is 0 Å². The van der Waals surface area contributed by atoms with E-state index in [-0.39, 0.29) is 6.10 Å². The standard InChI is InChI=1S/C18H21N3O/c1-12-9-13(2)21(19-12)11-15-10-18(20-22-15)17-6-4-3-5-16(17)14-7-8-14/h3-6,9,14-15H,7-8,10-11H2,1-2H3/t15-/m1/s1. The minimum absolute atomic E-state index is 0.0836. The number of benzene rings is 1. The lowest BCUT2D eigenvalue weighted by Crippen LogP contribution is -2.19. The molecule has 2 aliphatic rings. The second-order valence-electron chi connectivity index (χ2n) is 6.44. The predicted octanol–water partition coefficient (Wildman–Crippen LogP) is 3.57. The molecule has 4 rings (SSSR count). The van der Waals surface area contributed by atoms with Gasteiger partial charge in [0.15, 0.2) is 6.10 Å². The summed E-state index contributed by atoms with van der Waals surface area (Å²) >= 11 is 0. The summed E-state index contributed by atoms with van der Waals surface area (Å²) < 4.78 is 2.02. The molecule has 2 heterocycles. The Hall–Kier alpha value is -2.10. The van der Waals surface area contributed by atoms with E-state index in [1.807, 2.05) is 11.6 Å². The summed E-state index contributed by atoms with van der Waals surface area (Å²) in [7, 11) is 0. The van der Waals surface area contributed by atoms with Gasteiger partial charge in [-0.05, 0) is 44.2 Å². The van der Waals surface area contributed by atoms with Crippen LogP contribution in [0.1, 0.15) is 47.7 Å². The fourth-order valence-corrected chi connectivity index (χ4v) is 3.25. The van der Waals surface area contributed by atoms with Crippen molar-refractivity contribution >= 4 is 5.71 Å². The number of aromatic nitrogens is 2. The van der Waals surface area contributed by atoms with Crippen LogP contribution in [0.5, 0.6) is 0 Å². The summed E-state index contributed by atoms with van der Waals surface area (Å²) in [6, 6.07) is 10.7. The summed E-state index contributed by atoms with van der Waals surface area (Å²) in [5.74, 6) is 0.731. The maximum Gasteiger partial charge on any atom is 0.152 e. The second kappa shape index (κ2) is 5.27. The fraction of sp³-hybridized carbons (Fsp3) is 0.444. The zero-order chi connectivity index (χ0) is 15.1. The van der Waals surface area contributed by atoms with Gasteiger partial charge >= 0.3 is 0 Å². The van der Waals surface area contributed by atoms with Crippen molar-refractivity contribution < 1.29 is 4.84 Å². The van der Waals surface area contributed by atoms with Crippen LogP contribution in [0.2, 0.25) is 0 Å². The molecule has 1 aliphatic carbocycles.